The largest absolute Gasteiger partial charge is 0.481 e. The average molecular weight is 372 g/mol. The molecule has 0 aromatic heterocycles. The van der Waals surface area contributed by atoms with Gasteiger partial charge in [0.15, 0.2) is 0 Å². The number of aryl methyl sites for hydroxylation is 1. The number of carbonyl (C=O) groups excluding carboxylic acids is 1. The van der Waals surface area contributed by atoms with Crippen LogP contribution in [0.4, 0.5) is 4.39 Å². The molecule has 1 fully saturated rings. The molecule has 2 N–H and O–H groups in total. The lowest BCUT2D eigenvalue weighted by Gasteiger charge is -2.25. The first kappa shape index (κ1) is 19.3. The summed E-state index contributed by atoms with van der Waals surface area (Å²) < 4.78 is 40.5. The molecule has 1 aliphatic heterocycles. The van der Waals surface area contributed by atoms with Gasteiger partial charge in [-0.25, -0.2) is 12.8 Å². The van der Waals surface area contributed by atoms with Gasteiger partial charge in [0.25, 0.3) is 0 Å². The highest BCUT2D eigenvalue weighted by Gasteiger charge is 2.36. The van der Waals surface area contributed by atoms with Crippen LogP contribution in [0.5, 0.6) is 0 Å². The van der Waals surface area contributed by atoms with E-state index in [-0.39, 0.29) is 30.3 Å². The van der Waals surface area contributed by atoms with Gasteiger partial charge in [-0.15, -0.1) is 0 Å². The molecular formula is C16H21FN2O5S. The quantitative estimate of drug-likeness (QED) is 0.824. The Bertz CT molecular complexity index is 781. The molecule has 138 valence electrons. The lowest BCUT2D eigenvalue weighted by atomic mass is 10.0. The number of benzene rings is 1. The minimum Gasteiger partial charge on any atom is -0.481 e. The number of hydrogen-bond acceptors (Lipinski definition) is 4. The van der Waals surface area contributed by atoms with Crippen LogP contribution >= 0.6 is 0 Å². The maximum absolute atomic E-state index is 13.5. The average Bonchev–Trinajstić information content (AvgIpc) is 2.72. The van der Waals surface area contributed by atoms with E-state index in [0.717, 1.165) is 16.4 Å². The Hall–Kier alpha value is -2.00. The van der Waals surface area contributed by atoms with E-state index in [0.29, 0.717) is 12.0 Å². The van der Waals surface area contributed by atoms with Crippen molar-refractivity contribution in [2.45, 2.75) is 37.6 Å². The number of hydrogen-bond donors (Lipinski definition) is 2. The summed E-state index contributed by atoms with van der Waals surface area (Å²) in [6.07, 6.45) is 0.596. The highest BCUT2D eigenvalue weighted by molar-refractivity contribution is 7.89. The summed E-state index contributed by atoms with van der Waals surface area (Å²) in [5, 5.41) is 12.0. The zero-order valence-electron chi connectivity index (χ0n) is 14.0. The van der Waals surface area contributed by atoms with Crippen molar-refractivity contribution in [2.75, 3.05) is 13.1 Å². The third-order valence-corrected chi connectivity index (χ3v) is 6.21. The Morgan fingerprint density at radius 3 is 2.56 bits per heavy atom. The summed E-state index contributed by atoms with van der Waals surface area (Å²) in [6, 6.07) is 2.96. The maximum atomic E-state index is 13.5. The van der Waals surface area contributed by atoms with Crippen LogP contribution in [-0.2, 0) is 19.6 Å². The van der Waals surface area contributed by atoms with E-state index in [1.165, 1.54) is 13.0 Å². The van der Waals surface area contributed by atoms with Crippen LogP contribution in [0.2, 0.25) is 0 Å². The van der Waals surface area contributed by atoms with Gasteiger partial charge in [-0.05, 0) is 37.5 Å². The molecule has 1 aromatic carbocycles. The van der Waals surface area contributed by atoms with Crippen molar-refractivity contribution in [3.05, 3.63) is 29.6 Å². The number of carbonyl (C=O) groups is 2. The monoisotopic (exact) mass is 372 g/mol. The third kappa shape index (κ3) is 4.55. The molecule has 0 saturated carbocycles. The second-order valence-electron chi connectivity index (χ2n) is 6.24. The molecule has 1 amide bonds. The number of nitrogens with zero attached hydrogens (tertiary/aromatic N) is 1. The van der Waals surface area contributed by atoms with Gasteiger partial charge in [-0.2, -0.15) is 4.31 Å². The molecule has 1 saturated heterocycles. The number of carboxylic acid groups (broad SMARTS) is 1. The Morgan fingerprint density at radius 1 is 1.28 bits per heavy atom. The van der Waals surface area contributed by atoms with Crippen LogP contribution in [0.15, 0.2) is 23.1 Å². The van der Waals surface area contributed by atoms with Gasteiger partial charge in [0.1, 0.15) is 5.82 Å². The molecule has 1 aliphatic rings. The third-order valence-electron chi connectivity index (χ3n) is 4.24. The van der Waals surface area contributed by atoms with Gasteiger partial charge in [-0.1, -0.05) is 6.07 Å². The molecule has 0 bridgehead atoms. The first-order chi connectivity index (χ1) is 11.6. The van der Waals surface area contributed by atoms with Crippen LogP contribution in [-0.4, -0.2) is 48.8 Å². The van der Waals surface area contributed by atoms with Gasteiger partial charge < -0.3 is 10.4 Å². The smallest absolute Gasteiger partial charge is 0.307 e. The van der Waals surface area contributed by atoms with Crippen LogP contribution in [0, 0.1) is 18.7 Å². The lowest BCUT2D eigenvalue weighted by Crippen LogP contribution is -2.44. The molecule has 2 atom stereocenters. The van der Waals surface area contributed by atoms with Crippen molar-refractivity contribution < 1.29 is 27.5 Å². The molecule has 0 aliphatic carbocycles. The minimum absolute atomic E-state index is 0.0539. The van der Waals surface area contributed by atoms with Crippen molar-refractivity contribution in [1.82, 2.24) is 9.62 Å². The van der Waals surface area contributed by atoms with E-state index in [1.54, 1.807) is 6.92 Å². The molecular weight excluding hydrogens is 351 g/mol. The predicted molar refractivity (Wildman–Crippen MR) is 87.9 cm³/mol. The zero-order chi connectivity index (χ0) is 18.8. The predicted octanol–water partition coefficient (Wildman–Crippen LogP) is 1.12. The molecule has 1 heterocycles. The molecule has 2 rings (SSSR count). The fraction of sp³-hybridized carbons (Fsp3) is 0.500. The summed E-state index contributed by atoms with van der Waals surface area (Å²) in [5.74, 6) is -2.99. The van der Waals surface area contributed by atoms with Gasteiger partial charge >= 0.3 is 5.97 Å². The first-order valence-corrected chi connectivity index (χ1v) is 9.31. The second-order valence-corrected chi connectivity index (χ2v) is 8.15. The molecule has 0 unspecified atom stereocenters. The van der Waals surface area contributed by atoms with E-state index < -0.39 is 33.8 Å². The van der Waals surface area contributed by atoms with Crippen molar-refractivity contribution in [2.24, 2.45) is 5.92 Å². The highest BCUT2D eigenvalue weighted by Crippen LogP contribution is 2.26. The van der Waals surface area contributed by atoms with E-state index in [9.17, 15) is 27.5 Å². The van der Waals surface area contributed by atoms with Crippen LogP contribution in [0.3, 0.4) is 0 Å². The number of carboxylic acids is 1. The number of aliphatic carboxylic acids is 1. The molecule has 9 heteroatoms. The minimum atomic E-state index is -4.09. The number of nitrogens with one attached hydrogen (secondary N) is 1. The Balaban J connectivity index is 2.41. The van der Waals surface area contributed by atoms with Crippen molar-refractivity contribution in [1.29, 1.82) is 0 Å². The van der Waals surface area contributed by atoms with Crippen molar-refractivity contribution >= 4 is 21.9 Å². The van der Waals surface area contributed by atoms with Gasteiger partial charge in [0.2, 0.25) is 15.9 Å². The topological polar surface area (TPSA) is 104 Å². The maximum Gasteiger partial charge on any atom is 0.307 e. The van der Waals surface area contributed by atoms with E-state index in [4.69, 9.17) is 0 Å². The van der Waals surface area contributed by atoms with Crippen LogP contribution in [0.1, 0.15) is 25.3 Å². The number of amides is 1. The summed E-state index contributed by atoms with van der Waals surface area (Å²) in [5.41, 5.74) is 0.369. The molecule has 0 spiro atoms. The Kier molecular flexibility index (Phi) is 5.79. The van der Waals surface area contributed by atoms with Crippen LogP contribution < -0.4 is 5.32 Å². The molecule has 7 nitrogen and oxygen atoms in total. The normalized spacial score (nSPS) is 22.2. The van der Waals surface area contributed by atoms with Crippen LogP contribution in [0.25, 0.3) is 0 Å². The fourth-order valence-corrected chi connectivity index (χ4v) is 4.71. The van der Waals surface area contributed by atoms with Gasteiger partial charge in [0, 0.05) is 26.1 Å². The summed E-state index contributed by atoms with van der Waals surface area (Å²) in [6.45, 7) is 2.59. The summed E-state index contributed by atoms with van der Waals surface area (Å²) in [7, 11) is -4.09. The fourth-order valence-electron chi connectivity index (χ4n) is 2.95. The van der Waals surface area contributed by atoms with Gasteiger partial charge in [-0.3, -0.25) is 9.59 Å². The Labute approximate surface area is 145 Å². The second kappa shape index (κ2) is 7.49. The SMILES string of the molecule is CC(=O)N[C@@H]1CC[C@H](C(=O)O)CN(S(=O)(=O)c2cc(F)ccc2C)C1. The van der Waals surface area contributed by atoms with E-state index in [2.05, 4.69) is 5.32 Å². The highest BCUT2D eigenvalue weighted by atomic mass is 32.2. The van der Waals surface area contributed by atoms with Crippen molar-refractivity contribution in [3.63, 3.8) is 0 Å². The van der Waals surface area contributed by atoms with E-state index >= 15 is 0 Å². The summed E-state index contributed by atoms with van der Waals surface area (Å²) >= 11 is 0. The number of rotatable bonds is 4. The number of sulfonamides is 1. The number of halogens is 1. The first-order valence-electron chi connectivity index (χ1n) is 7.87. The molecule has 1 aromatic rings. The van der Waals surface area contributed by atoms with Crippen molar-refractivity contribution in [3.8, 4) is 0 Å². The van der Waals surface area contributed by atoms with Gasteiger partial charge in [0.05, 0.1) is 10.8 Å². The summed E-state index contributed by atoms with van der Waals surface area (Å²) in [4.78, 5) is 22.5. The molecule has 25 heavy (non-hydrogen) atoms. The Morgan fingerprint density at radius 2 is 1.96 bits per heavy atom. The zero-order valence-corrected chi connectivity index (χ0v) is 14.8. The molecule has 0 radical (unpaired) electrons. The van der Waals surface area contributed by atoms with E-state index in [1.807, 2.05) is 0 Å². The standard InChI is InChI=1S/C16H21FN2O5S/c1-10-3-5-13(17)7-15(10)25(23,24)19-8-12(16(21)22)4-6-14(9-19)18-11(2)20/h3,5,7,12,14H,4,6,8-9H2,1-2H3,(H,18,20)(H,21,22)/t12-,14+/m0/s1. The lowest BCUT2D eigenvalue weighted by molar-refractivity contribution is -0.142.